The van der Waals surface area contributed by atoms with Gasteiger partial charge in [-0.1, -0.05) is 0 Å². The molecule has 2 aliphatic heterocycles. The molecule has 0 unspecified atom stereocenters. The van der Waals surface area contributed by atoms with Gasteiger partial charge in [0.2, 0.25) is 10.0 Å². The number of H-pyrrole nitrogens is 1. The molecule has 1 N–H and O–H groups in total. The lowest BCUT2D eigenvalue weighted by atomic mass is 10.0. The van der Waals surface area contributed by atoms with Crippen LogP contribution >= 0.6 is 0 Å². The zero-order chi connectivity index (χ0) is 15.9. The molecule has 2 aliphatic rings. The van der Waals surface area contributed by atoms with Crippen molar-refractivity contribution in [3.05, 3.63) is 17.5 Å². The topological polar surface area (TPSA) is 95.6 Å². The van der Waals surface area contributed by atoms with E-state index in [4.69, 9.17) is 4.74 Å². The average molecular weight is 328 g/mol. The third-order valence-corrected chi connectivity index (χ3v) is 5.48. The largest absolute Gasteiger partial charge is 0.375 e. The van der Waals surface area contributed by atoms with Crippen molar-refractivity contribution in [3.63, 3.8) is 0 Å². The number of nitrogens with zero attached hydrogens (tertiary/aromatic N) is 3. The molecule has 22 heavy (non-hydrogen) atoms. The molecule has 0 bridgehead atoms. The number of rotatable bonds is 2. The smallest absolute Gasteiger partial charge is 0.274 e. The summed E-state index contributed by atoms with van der Waals surface area (Å²) in [4.78, 5) is 14.1. The molecule has 1 aromatic rings. The van der Waals surface area contributed by atoms with Crippen LogP contribution < -0.4 is 0 Å². The second kappa shape index (κ2) is 5.64. The molecule has 0 saturated carbocycles. The lowest BCUT2D eigenvalue weighted by Crippen LogP contribution is -2.61. The summed E-state index contributed by atoms with van der Waals surface area (Å²) in [6.07, 6.45) is 1.69. The lowest BCUT2D eigenvalue weighted by Gasteiger charge is -2.45. The van der Waals surface area contributed by atoms with Crippen LogP contribution in [-0.2, 0) is 14.8 Å². The van der Waals surface area contributed by atoms with Crippen LogP contribution in [0.2, 0.25) is 0 Å². The number of fused-ring (bicyclic) bond motifs is 1. The summed E-state index contributed by atoms with van der Waals surface area (Å²) in [6.45, 7) is 3.45. The van der Waals surface area contributed by atoms with E-state index in [0.717, 1.165) is 5.69 Å². The first-order chi connectivity index (χ1) is 10.4. The first-order valence-electron chi connectivity index (χ1n) is 7.26. The van der Waals surface area contributed by atoms with E-state index >= 15 is 0 Å². The fourth-order valence-electron chi connectivity index (χ4n) is 3.13. The fraction of sp³-hybridized carbons (Fsp3) is 0.692. The Bertz CT molecular complexity index is 671. The van der Waals surface area contributed by atoms with Gasteiger partial charge in [-0.2, -0.15) is 9.40 Å². The Balaban J connectivity index is 1.79. The number of amides is 1. The molecule has 0 aromatic carbocycles. The van der Waals surface area contributed by atoms with E-state index in [-0.39, 0.29) is 18.1 Å². The maximum atomic E-state index is 12.5. The number of carbonyl (C=O) groups is 1. The summed E-state index contributed by atoms with van der Waals surface area (Å²) in [7, 11) is -3.31. The fourth-order valence-corrected chi connectivity index (χ4v) is 4.23. The van der Waals surface area contributed by atoms with Gasteiger partial charge in [0.15, 0.2) is 0 Å². The number of aromatic nitrogens is 2. The minimum Gasteiger partial charge on any atom is -0.375 e. The number of morpholine rings is 1. The molecule has 8 nitrogen and oxygen atoms in total. The maximum Gasteiger partial charge on any atom is 0.274 e. The number of likely N-dealkylation sites (tertiary alicyclic amines) is 1. The summed E-state index contributed by atoms with van der Waals surface area (Å²) in [5.74, 6) is -0.179. The number of carbonyl (C=O) groups excluding carboxylic acids is 1. The van der Waals surface area contributed by atoms with Crippen molar-refractivity contribution in [2.45, 2.75) is 25.5 Å². The molecule has 0 radical (unpaired) electrons. The van der Waals surface area contributed by atoms with Gasteiger partial charge in [-0.05, 0) is 19.4 Å². The van der Waals surface area contributed by atoms with Crippen LogP contribution in [0.3, 0.4) is 0 Å². The van der Waals surface area contributed by atoms with Gasteiger partial charge < -0.3 is 9.64 Å². The van der Waals surface area contributed by atoms with Crippen LogP contribution in [0.5, 0.6) is 0 Å². The number of sulfonamides is 1. The minimum atomic E-state index is -3.31. The molecule has 1 amide bonds. The third-order valence-electron chi connectivity index (χ3n) is 4.17. The van der Waals surface area contributed by atoms with Gasteiger partial charge in [0.25, 0.3) is 5.91 Å². The van der Waals surface area contributed by atoms with Crippen molar-refractivity contribution in [3.8, 4) is 0 Å². The van der Waals surface area contributed by atoms with E-state index in [1.165, 1.54) is 10.6 Å². The van der Waals surface area contributed by atoms with Gasteiger partial charge in [0.1, 0.15) is 5.69 Å². The summed E-state index contributed by atoms with van der Waals surface area (Å²) < 4.78 is 31.0. The molecule has 9 heteroatoms. The summed E-state index contributed by atoms with van der Waals surface area (Å²) in [6, 6.07) is 1.38. The number of hydrogen-bond donors (Lipinski definition) is 1. The van der Waals surface area contributed by atoms with Crippen LogP contribution in [0.1, 0.15) is 22.6 Å². The van der Waals surface area contributed by atoms with E-state index in [1.54, 1.807) is 11.0 Å². The Kier molecular flexibility index (Phi) is 3.96. The average Bonchev–Trinajstić information content (AvgIpc) is 2.91. The van der Waals surface area contributed by atoms with Crippen LogP contribution in [-0.4, -0.2) is 78.4 Å². The molecule has 122 valence electrons. The van der Waals surface area contributed by atoms with Crippen molar-refractivity contribution in [1.82, 2.24) is 19.4 Å². The normalized spacial score (nSPS) is 26.7. The second-order valence-corrected chi connectivity index (χ2v) is 7.76. The van der Waals surface area contributed by atoms with Gasteiger partial charge in [-0.25, -0.2) is 8.42 Å². The number of aryl methyl sites for hydroxylation is 1. The van der Waals surface area contributed by atoms with Gasteiger partial charge in [-0.15, -0.1) is 0 Å². The molecule has 0 spiro atoms. The highest BCUT2D eigenvalue weighted by Gasteiger charge is 2.42. The van der Waals surface area contributed by atoms with Gasteiger partial charge >= 0.3 is 0 Å². The Morgan fingerprint density at radius 2 is 2.23 bits per heavy atom. The van der Waals surface area contributed by atoms with E-state index in [2.05, 4.69) is 10.2 Å². The predicted molar refractivity (Wildman–Crippen MR) is 78.9 cm³/mol. The van der Waals surface area contributed by atoms with Crippen molar-refractivity contribution < 1.29 is 17.9 Å². The summed E-state index contributed by atoms with van der Waals surface area (Å²) >= 11 is 0. The summed E-state index contributed by atoms with van der Waals surface area (Å²) in [5, 5.41) is 6.73. The van der Waals surface area contributed by atoms with E-state index < -0.39 is 10.0 Å². The SMILES string of the molecule is Cc1cc(C(=O)N2CC[C@@H]3OCCN(S(C)(=O)=O)[C@H]3C2)n[nH]1. The van der Waals surface area contributed by atoms with Crippen molar-refractivity contribution in [2.75, 3.05) is 32.5 Å². The van der Waals surface area contributed by atoms with Crippen LogP contribution in [0.15, 0.2) is 6.07 Å². The zero-order valence-corrected chi connectivity index (χ0v) is 13.5. The van der Waals surface area contributed by atoms with E-state index in [1.807, 2.05) is 6.92 Å². The highest BCUT2D eigenvalue weighted by molar-refractivity contribution is 7.88. The molecule has 1 aromatic heterocycles. The molecule has 2 atom stereocenters. The number of piperidine rings is 1. The monoisotopic (exact) mass is 328 g/mol. The first-order valence-corrected chi connectivity index (χ1v) is 9.11. The van der Waals surface area contributed by atoms with Gasteiger partial charge in [0, 0.05) is 25.3 Å². The maximum absolute atomic E-state index is 12.5. The quantitative estimate of drug-likeness (QED) is 0.796. The Morgan fingerprint density at radius 1 is 1.45 bits per heavy atom. The second-order valence-electron chi connectivity index (χ2n) is 5.83. The van der Waals surface area contributed by atoms with E-state index in [9.17, 15) is 13.2 Å². The Hall–Kier alpha value is -1.45. The summed E-state index contributed by atoms with van der Waals surface area (Å²) in [5.41, 5.74) is 1.18. The Labute approximate surface area is 129 Å². The van der Waals surface area contributed by atoms with Gasteiger partial charge in [-0.3, -0.25) is 9.89 Å². The number of nitrogens with one attached hydrogen (secondary N) is 1. The third kappa shape index (κ3) is 2.88. The van der Waals surface area contributed by atoms with Crippen LogP contribution in [0, 0.1) is 6.92 Å². The molecule has 3 rings (SSSR count). The highest BCUT2D eigenvalue weighted by Crippen LogP contribution is 2.25. The molecule has 0 aliphatic carbocycles. The van der Waals surface area contributed by atoms with Crippen molar-refractivity contribution >= 4 is 15.9 Å². The number of ether oxygens (including phenoxy) is 1. The van der Waals surface area contributed by atoms with Crippen LogP contribution in [0.25, 0.3) is 0 Å². The predicted octanol–water partition coefficient (Wildman–Crippen LogP) is -0.407. The number of hydrogen-bond acceptors (Lipinski definition) is 5. The Morgan fingerprint density at radius 3 is 2.86 bits per heavy atom. The zero-order valence-electron chi connectivity index (χ0n) is 12.7. The molecule has 2 saturated heterocycles. The molecular weight excluding hydrogens is 308 g/mol. The van der Waals surface area contributed by atoms with Crippen molar-refractivity contribution in [2.24, 2.45) is 0 Å². The molecular formula is C13H20N4O4S. The molecule has 3 heterocycles. The van der Waals surface area contributed by atoms with Gasteiger partial charge in [0.05, 0.1) is 25.0 Å². The standard InChI is InChI=1S/C13H20N4O4S/c1-9-7-10(15-14-9)13(18)16-4-3-12-11(8-16)17(5-6-21-12)22(2,19)20/h7,11-12H,3-6,8H2,1-2H3,(H,14,15)/t11-,12-/m0/s1. The molecule has 2 fully saturated rings. The lowest BCUT2D eigenvalue weighted by molar-refractivity contribution is -0.0705. The number of aromatic amines is 1. The minimum absolute atomic E-state index is 0.145. The highest BCUT2D eigenvalue weighted by atomic mass is 32.2. The first kappa shape index (κ1) is 15.4. The van der Waals surface area contributed by atoms with E-state index in [0.29, 0.717) is 38.4 Å². The van der Waals surface area contributed by atoms with Crippen molar-refractivity contribution in [1.29, 1.82) is 0 Å². The van der Waals surface area contributed by atoms with Crippen LogP contribution in [0.4, 0.5) is 0 Å².